The molecule has 1 aromatic carbocycles. The quantitative estimate of drug-likeness (QED) is 0.411. The summed E-state index contributed by atoms with van der Waals surface area (Å²) in [6.07, 6.45) is 5.81. The van der Waals surface area contributed by atoms with Gasteiger partial charge in [-0.05, 0) is 69.7 Å². The van der Waals surface area contributed by atoms with Gasteiger partial charge in [0.05, 0.1) is 13.2 Å². The lowest BCUT2D eigenvalue weighted by Crippen LogP contribution is -2.35. The number of nitrogens with one attached hydrogen (secondary N) is 3. The van der Waals surface area contributed by atoms with Gasteiger partial charge in [0.2, 0.25) is 17.8 Å². The summed E-state index contributed by atoms with van der Waals surface area (Å²) in [7, 11) is 1.43. The fraction of sp³-hybridized carbons (Fsp3) is 0.625. The monoisotopic (exact) mass is 473 g/mol. The summed E-state index contributed by atoms with van der Waals surface area (Å²) in [4.78, 5) is 16.1. The number of halogens is 1. The minimum absolute atomic E-state index is 0.178. The molecule has 1 aromatic heterocycles. The van der Waals surface area contributed by atoms with Crippen molar-refractivity contribution in [1.82, 2.24) is 19.9 Å². The Kier molecular flexibility index (Phi) is 8.34. The van der Waals surface area contributed by atoms with Gasteiger partial charge < -0.3 is 25.8 Å². The number of likely N-dealkylation sites (N-methyl/N-ethyl adjacent to an activating group) is 1. The fourth-order valence-electron chi connectivity index (χ4n) is 4.80. The smallest absolute Gasteiger partial charge is 0.233 e. The maximum atomic E-state index is 14.2. The van der Waals surface area contributed by atoms with E-state index in [9.17, 15) is 9.50 Å². The Morgan fingerprint density at radius 3 is 2.41 bits per heavy atom. The van der Waals surface area contributed by atoms with Gasteiger partial charge in [-0.2, -0.15) is 15.0 Å². The Hall–Kier alpha value is -2.72. The molecule has 0 spiro atoms. The van der Waals surface area contributed by atoms with Crippen molar-refractivity contribution < 1.29 is 14.2 Å². The van der Waals surface area contributed by atoms with Crippen molar-refractivity contribution in [3.05, 3.63) is 24.0 Å². The van der Waals surface area contributed by atoms with Gasteiger partial charge in [0, 0.05) is 30.9 Å². The molecule has 1 unspecified atom stereocenters. The average molecular weight is 474 g/mol. The van der Waals surface area contributed by atoms with E-state index in [0.717, 1.165) is 58.3 Å². The van der Waals surface area contributed by atoms with Crippen LogP contribution < -0.4 is 20.7 Å². The summed E-state index contributed by atoms with van der Waals surface area (Å²) in [6, 6.07) is 5.10. The number of hydrogen-bond acceptors (Lipinski definition) is 9. The molecule has 2 fully saturated rings. The van der Waals surface area contributed by atoms with E-state index in [4.69, 9.17) is 4.74 Å². The molecular weight excluding hydrogens is 437 g/mol. The zero-order chi connectivity index (χ0) is 23.9. The van der Waals surface area contributed by atoms with Crippen molar-refractivity contribution in [2.75, 3.05) is 49.2 Å². The SMILES string of the molecule is CCN1CCCC1CNc1nc(NCC2CCC(O)CC2)nc(Nc2ccc(OC)c(F)c2)n1. The van der Waals surface area contributed by atoms with Crippen molar-refractivity contribution in [3.63, 3.8) is 0 Å². The number of nitrogens with zero attached hydrogens (tertiary/aromatic N) is 4. The van der Waals surface area contributed by atoms with Crippen LogP contribution in [0.2, 0.25) is 0 Å². The van der Waals surface area contributed by atoms with E-state index >= 15 is 0 Å². The molecule has 9 nitrogen and oxygen atoms in total. The molecule has 0 amide bonds. The van der Waals surface area contributed by atoms with Gasteiger partial charge in [0.25, 0.3) is 0 Å². The van der Waals surface area contributed by atoms with Gasteiger partial charge in [0.1, 0.15) is 0 Å². The molecule has 10 heteroatoms. The van der Waals surface area contributed by atoms with Crippen LogP contribution >= 0.6 is 0 Å². The van der Waals surface area contributed by atoms with Gasteiger partial charge in [-0.1, -0.05) is 6.92 Å². The van der Waals surface area contributed by atoms with Crippen LogP contribution in [-0.2, 0) is 0 Å². The van der Waals surface area contributed by atoms with E-state index in [2.05, 4.69) is 42.7 Å². The third-order valence-electron chi connectivity index (χ3n) is 6.81. The third kappa shape index (κ3) is 6.44. The van der Waals surface area contributed by atoms with Crippen LogP contribution in [0.1, 0.15) is 45.4 Å². The predicted molar refractivity (Wildman–Crippen MR) is 131 cm³/mol. The van der Waals surface area contributed by atoms with E-state index < -0.39 is 5.82 Å². The first-order chi connectivity index (χ1) is 16.5. The van der Waals surface area contributed by atoms with E-state index in [1.165, 1.54) is 19.6 Å². The standard InChI is InChI=1S/C24H36FN7O2/c1-3-32-12-4-5-18(32)15-27-23-29-22(26-14-16-6-9-19(33)10-7-16)30-24(31-23)28-17-8-11-21(34-2)20(25)13-17/h8,11,13,16,18-19,33H,3-7,9-10,12,14-15H2,1-2H3,(H3,26,27,28,29,30,31). The Morgan fingerprint density at radius 1 is 1.03 bits per heavy atom. The lowest BCUT2D eigenvalue weighted by Gasteiger charge is -2.25. The second kappa shape index (κ2) is 11.6. The van der Waals surface area contributed by atoms with Gasteiger partial charge in [-0.25, -0.2) is 4.39 Å². The predicted octanol–water partition coefficient (Wildman–Crippen LogP) is 3.62. The van der Waals surface area contributed by atoms with Crippen LogP contribution in [0.3, 0.4) is 0 Å². The first-order valence-corrected chi connectivity index (χ1v) is 12.3. The Morgan fingerprint density at radius 2 is 1.74 bits per heavy atom. The Balaban J connectivity index is 1.47. The van der Waals surface area contributed by atoms with Crippen molar-refractivity contribution >= 4 is 23.5 Å². The number of aromatic nitrogens is 3. The van der Waals surface area contributed by atoms with E-state index in [1.54, 1.807) is 12.1 Å². The number of aliphatic hydroxyl groups excluding tert-OH is 1. The van der Waals surface area contributed by atoms with Gasteiger partial charge in [-0.15, -0.1) is 0 Å². The van der Waals surface area contributed by atoms with Gasteiger partial charge >= 0.3 is 0 Å². The minimum atomic E-state index is -0.460. The second-order valence-electron chi connectivity index (χ2n) is 9.14. The molecule has 4 rings (SSSR count). The summed E-state index contributed by atoms with van der Waals surface area (Å²) in [5, 5.41) is 19.6. The summed E-state index contributed by atoms with van der Waals surface area (Å²) in [5.41, 5.74) is 0.524. The largest absolute Gasteiger partial charge is 0.494 e. The molecule has 2 aliphatic rings. The highest BCUT2D eigenvalue weighted by Gasteiger charge is 2.23. The first kappa shape index (κ1) is 24.4. The number of likely N-dealkylation sites (tertiary alicyclic amines) is 1. The van der Waals surface area contributed by atoms with Crippen LogP contribution in [0.4, 0.5) is 27.9 Å². The van der Waals surface area contributed by atoms with Crippen molar-refractivity contribution in [2.24, 2.45) is 5.92 Å². The highest BCUT2D eigenvalue weighted by molar-refractivity contribution is 5.57. The lowest BCUT2D eigenvalue weighted by molar-refractivity contribution is 0.111. The highest BCUT2D eigenvalue weighted by atomic mass is 19.1. The molecule has 2 heterocycles. The van der Waals surface area contributed by atoms with Crippen LogP contribution in [0.5, 0.6) is 5.75 Å². The first-order valence-electron chi connectivity index (χ1n) is 12.3. The van der Waals surface area contributed by atoms with Crippen LogP contribution in [-0.4, -0.2) is 70.4 Å². The Bertz CT molecular complexity index is 940. The third-order valence-corrected chi connectivity index (χ3v) is 6.81. The molecule has 2 aromatic rings. The summed E-state index contributed by atoms with van der Waals surface area (Å²) >= 11 is 0. The van der Waals surface area contributed by atoms with E-state index in [-0.39, 0.29) is 11.9 Å². The Labute approximate surface area is 200 Å². The van der Waals surface area contributed by atoms with Gasteiger partial charge in [-0.3, -0.25) is 4.90 Å². The molecule has 1 saturated carbocycles. The number of anilines is 4. The number of methoxy groups -OCH3 is 1. The fourth-order valence-corrected chi connectivity index (χ4v) is 4.80. The zero-order valence-electron chi connectivity index (χ0n) is 20.1. The summed E-state index contributed by atoms with van der Waals surface area (Å²) < 4.78 is 19.2. The summed E-state index contributed by atoms with van der Waals surface area (Å²) in [5.74, 6) is 1.48. The maximum absolute atomic E-state index is 14.2. The van der Waals surface area contributed by atoms with Gasteiger partial charge in [0.15, 0.2) is 11.6 Å². The number of aliphatic hydroxyl groups is 1. The molecule has 0 bridgehead atoms. The zero-order valence-corrected chi connectivity index (χ0v) is 20.1. The van der Waals surface area contributed by atoms with Crippen LogP contribution in [0.25, 0.3) is 0 Å². The average Bonchev–Trinajstić information content (AvgIpc) is 3.30. The van der Waals surface area contributed by atoms with Crippen molar-refractivity contribution in [2.45, 2.75) is 57.6 Å². The highest BCUT2D eigenvalue weighted by Crippen LogP contribution is 2.26. The molecule has 1 aliphatic carbocycles. The molecule has 34 heavy (non-hydrogen) atoms. The molecular formula is C24H36FN7O2. The maximum Gasteiger partial charge on any atom is 0.233 e. The van der Waals surface area contributed by atoms with Crippen molar-refractivity contribution in [3.8, 4) is 5.75 Å². The molecule has 0 radical (unpaired) electrons. The topological polar surface area (TPSA) is 107 Å². The minimum Gasteiger partial charge on any atom is -0.494 e. The second-order valence-corrected chi connectivity index (χ2v) is 9.14. The number of hydrogen-bond donors (Lipinski definition) is 4. The van der Waals surface area contributed by atoms with Crippen LogP contribution in [0.15, 0.2) is 18.2 Å². The number of benzene rings is 1. The molecule has 1 atom stereocenters. The summed E-state index contributed by atoms with van der Waals surface area (Å²) in [6.45, 7) is 5.83. The molecule has 4 N–H and O–H groups in total. The number of ether oxygens (including phenoxy) is 1. The van der Waals surface area contributed by atoms with E-state index in [1.807, 2.05) is 0 Å². The lowest BCUT2D eigenvalue weighted by atomic mass is 9.87. The van der Waals surface area contributed by atoms with Crippen molar-refractivity contribution in [1.29, 1.82) is 0 Å². The number of rotatable bonds is 10. The van der Waals surface area contributed by atoms with E-state index in [0.29, 0.717) is 35.5 Å². The molecule has 1 aliphatic heterocycles. The molecule has 186 valence electrons. The normalized spacial score (nSPS) is 23.0. The molecule has 1 saturated heterocycles. The van der Waals surface area contributed by atoms with Crippen LogP contribution in [0, 0.1) is 11.7 Å².